The van der Waals surface area contributed by atoms with Crippen LogP contribution in [0.2, 0.25) is 0 Å². The highest BCUT2D eigenvalue weighted by Gasteiger charge is 2.55. The van der Waals surface area contributed by atoms with Crippen molar-refractivity contribution < 1.29 is 67.3 Å². The number of morpholine rings is 1. The van der Waals surface area contributed by atoms with Gasteiger partial charge in [0, 0.05) is 74.9 Å². The summed E-state index contributed by atoms with van der Waals surface area (Å²) in [5, 5.41) is 23.6. The molecule has 0 aromatic carbocycles. The number of rotatable bonds is 19. The van der Waals surface area contributed by atoms with Crippen LogP contribution in [0.15, 0.2) is 12.2 Å². The zero-order valence-electron chi connectivity index (χ0n) is 63.2. The van der Waals surface area contributed by atoms with Crippen molar-refractivity contribution in [1.29, 1.82) is 0 Å². The Hall–Kier alpha value is -6.25. The smallest absolute Gasteiger partial charge is 0.276 e. The first-order chi connectivity index (χ1) is 44.4. The fraction of sp³-hybridized carbons (Fsp3) is 0.814. The van der Waals surface area contributed by atoms with Crippen molar-refractivity contribution in [3.63, 3.8) is 0 Å². The van der Waals surface area contributed by atoms with Crippen LogP contribution >= 0.6 is 0 Å². The van der Waals surface area contributed by atoms with Gasteiger partial charge in [-0.25, -0.2) is 0 Å². The van der Waals surface area contributed by atoms with Crippen LogP contribution in [0.25, 0.3) is 0 Å². The summed E-state index contributed by atoms with van der Waals surface area (Å²) in [5.41, 5.74) is -2.27. The lowest BCUT2D eigenvalue weighted by Gasteiger charge is -2.48. The predicted octanol–water partition coefficient (Wildman–Crippen LogP) is 3.72. The molecule has 2 saturated heterocycles. The molecule has 96 heavy (non-hydrogen) atoms. The third-order valence-electron chi connectivity index (χ3n) is 18.5. The lowest BCUT2D eigenvalue weighted by molar-refractivity contribution is -0.210. The van der Waals surface area contributed by atoms with Crippen LogP contribution in [0.1, 0.15) is 170 Å². The number of carbonyl (C=O) groups is 11. The fourth-order valence-corrected chi connectivity index (χ4v) is 12.7. The molecule has 2 unspecified atom stereocenters. The Bertz CT molecular complexity index is 2640. The minimum Gasteiger partial charge on any atom is -0.390 e. The van der Waals surface area contributed by atoms with Crippen molar-refractivity contribution in [2.75, 3.05) is 82.1 Å². The monoisotopic (exact) mass is 1360 g/mol. The molecule has 2 aliphatic heterocycles. The molecule has 0 radical (unpaired) electrons. The summed E-state index contributed by atoms with van der Waals surface area (Å²) in [7, 11) is 9.86. The molecule has 0 aromatic rings. The summed E-state index contributed by atoms with van der Waals surface area (Å²) in [4.78, 5) is 175. The van der Waals surface area contributed by atoms with Crippen molar-refractivity contribution in [3.05, 3.63) is 12.2 Å². The molecule has 2 aliphatic rings. The summed E-state index contributed by atoms with van der Waals surface area (Å²) >= 11 is 0. The van der Waals surface area contributed by atoms with Crippen molar-refractivity contribution >= 4 is 65.0 Å². The van der Waals surface area contributed by atoms with E-state index in [0.717, 1.165) is 9.80 Å². The first-order valence-corrected chi connectivity index (χ1v) is 34.8. The van der Waals surface area contributed by atoms with E-state index in [-0.39, 0.29) is 87.6 Å². The Balaban J connectivity index is 3.16. The first kappa shape index (κ1) is 85.8. The van der Waals surface area contributed by atoms with E-state index in [2.05, 4.69) is 26.2 Å². The van der Waals surface area contributed by atoms with E-state index >= 15 is 19.2 Å². The van der Waals surface area contributed by atoms with E-state index in [1.807, 2.05) is 69.2 Å². The second kappa shape index (κ2) is 38.8. The number of ether oxygens (including phenoxy) is 2. The van der Waals surface area contributed by atoms with E-state index < -0.39 is 155 Å². The molecule has 14 atom stereocenters. The molecule has 0 spiro atoms. The number of likely N-dealkylation sites (N-methyl/N-ethyl adjacent to an activating group) is 7. The van der Waals surface area contributed by atoms with Crippen LogP contribution in [0.4, 0.5) is 0 Å². The van der Waals surface area contributed by atoms with Gasteiger partial charge in [-0.1, -0.05) is 109 Å². The molecule has 26 heteroatoms. The van der Waals surface area contributed by atoms with Gasteiger partial charge in [-0.2, -0.15) is 0 Å². The maximum atomic E-state index is 16.3. The average molecular weight is 1360 g/mol. The SMILES string of the molecule is C/C=C/C[C@@H](C)[C@@H](O)[C@H]1C(=O)N[C@@H](CC)C(=O)N(C)CC(=O)N(C)[C@@H](CC(C)C)C(=O)N[C@@H](C(C)C)C(=O)N(C)[C@@H](CC(C)C)C(=O)N[C@@H](C)C(=O)N[C@H](C)C(=O)N(C)[C@@H](CC(C)C)C(=O)N(C)[C@@H](CC(C)C)C(=O)N(C)[C@](OCCN2CC(C)OC(C)C2)(C(C)C)C(=O)N1C. The maximum absolute atomic E-state index is 16.3. The predicted molar refractivity (Wildman–Crippen MR) is 370 cm³/mol. The summed E-state index contributed by atoms with van der Waals surface area (Å²) in [6, 6.07) is -11.6. The summed E-state index contributed by atoms with van der Waals surface area (Å²) in [5.74, 6) is -10.8. The number of hydrogen-bond donors (Lipinski definition) is 5. The van der Waals surface area contributed by atoms with Gasteiger partial charge in [0.15, 0.2) is 0 Å². The molecule has 550 valence electrons. The van der Waals surface area contributed by atoms with Crippen LogP contribution in [-0.4, -0.2) is 270 Å². The summed E-state index contributed by atoms with van der Waals surface area (Å²) in [6.45, 7) is 34.4. The number of amides is 11. The highest BCUT2D eigenvalue weighted by Crippen LogP contribution is 2.33. The molecule has 0 aliphatic carbocycles. The molecule has 26 nitrogen and oxygen atoms in total. The van der Waals surface area contributed by atoms with Crippen molar-refractivity contribution in [3.8, 4) is 0 Å². The van der Waals surface area contributed by atoms with Crippen LogP contribution in [0.5, 0.6) is 0 Å². The fourth-order valence-electron chi connectivity index (χ4n) is 12.7. The highest BCUT2D eigenvalue weighted by atomic mass is 16.5. The third-order valence-corrected chi connectivity index (χ3v) is 18.5. The number of nitrogens with one attached hydrogen (secondary N) is 4. The van der Waals surface area contributed by atoms with Gasteiger partial charge < -0.3 is 70.1 Å². The zero-order valence-corrected chi connectivity index (χ0v) is 63.2. The number of aliphatic hydroxyl groups is 1. The molecule has 2 heterocycles. The minimum atomic E-state index is -2.27. The molecular weight excluding hydrogens is 1230 g/mol. The minimum absolute atomic E-state index is 0.0156. The Kier molecular flexibility index (Phi) is 34.7. The molecule has 0 bridgehead atoms. The van der Waals surface area contributed by atoms with E-state index in [4.69, 9.17) is 9.47 Å². The maximum Gasteiger partial charge on any atom is 0.276 e. The molecule has 2 rings (SSSR count). The molecular formula is C70H126N12O14. The van der Waals surface area contributed by atoms with Crippen molar-refractivity contribution in [1.82, 2.24) is 60.5 Å². The number of hydrogen-bond acceptors (Lipinski definition) is 15. The van der Waals surface area contributed by atoms with Gasteiger partial charge in [-0.05, 0) is 109 Å². The van der Waals surface area contributed by atoms with Crippen LogP contribution in [0.3, 0.4) is 0 Å². The Morgan fingerprint density at radius 3 is 1.49 bits per heavy atom. The Morgan fingerprint density at radius 2 is 1.01 bits per heavy atom. The van der Waals surface area contributed by atoms with E-state index in [0.29, 0.717) is 13.1 Å². The largest absolute Gasteiger partial charge is 0.390 e. The quantitative estimate of drug-likeness (QED) is 0.115. The molecule has 0 aromatic heterocycles. The van der Waals surface area contributed by atoms with Crippen LogP contribution in [-0.2, 0) is 62.2 Å². The van der Waals surface area contributed by atoms with Crippen LogP contribution in [0, 0.1) is 41.4 Å². The molecule has 0 saturated carbocycles. The van der Waals surface area contributed by atoms with Gasteiger partial charge in [0.25, 0.3) is 5.91 Å². The van der Waals surface area contributed by atoms with Gasteiger partial charge in [0.05, 0.1) is 31.5 Å². The van der Waals surface area contributed by atoms with E-state index in [9.17, 15) is 38.7 Å². The van der Waals surface area contributed by atoms with Crippen LogP contribution < -0.4 is 21.3 Å². The Labute approximate surface area is 574 Å². The number of carbonyl (C=O) groups excluding carboxylic acids is 11. The molecule has 11 amide bonds. The lowest BCUT2D eigenvalue weighted by Crippen LogP contribution is -2.70. The number of nitrogens with zero attached hydrogens (tertiary/aromatic N) is 8. The molecule has 2 fully saturated rings. The second-order valence-electron chi connectivity index (χ2n) is 29.5. The van der Waals surface area contributed by atoms with Crippen molar-refractivity contribution in [2.24, 2.45) is 41.4 Å². The van der Waals surface area contributed by atoms with Gasteiger partial charge in [0.2, 0.25) is 64.8 Å². The second-order valence-corrected chi connectivity index (χ2v) is 29.5. The van der Waals surface area contributed by atoms with Gasteiger partial charge in [-0.15, -0.1) is 0 Å². The normalized spacial score (nSPS) is 28.7. The number of allylic oxidation sites excluding steroid dienone is 2. The third kappa shape index (κ3) is 23.2. The highest BCUT2D eigenvalue weighted by molar-refractivity contribution is 6.00. The summed E-state index contributed by atoms with van der Waals surface area (Å²) < 4.78 is 12.9. The van der Waals surface area contributed by atoms with Gasteiger partial charge >= 0.3 is 0 Å². The number of aliphatic hydroxyl groups excluding tert-OH is 1. The zero-order chi connectivity index (χ0) is 73.9. The van der Waals surface area contributed by atoms with Crippen molar-refractivity contribution in [2.45, 2.75) is 248 Å². The topological polar surface area (TPSA) is 301 Å². The van der Waals surface area contributed by atoms with Gasteiger partial charge in [0.1, 0.15) is 54.4 Å². The van der Waals surface area contributed by atoms with Gasteiger partial charge in [-0.3, -0.25) is 57.6 Å². The average Bonchev–Trinajstić information content (AvgIpc) is 0.758. The first-order valence-electron chi connectivity index (χ1n) is 34.8. The standard InChI is InChI=1S/C70H126N12O14/c1-27-29-30-46(15)59(84)58-63(88)73-51(28-2)65(90)75(20)39-56(83)76(21)52(33-40(3)4)62(87)74-57(44(11)12)68(93)77(22)53(34-41(5)6)61(86)71-49(18)60(85)72-50(19)64(89)78(23)54(35-42(7)8)66(91)79(24)55(36-43(9)10)67(92)81(26)70(45(13)14,69(94)80(58)25)95-32-31-82-37-47(16)96-48(17)38-82/h27,29,40-55,57-59,84H,28,30-39H2,1-26H3,(H,71,86)(H,72,85)(H,73,88)(H,74,87)/b29-27+/t46-,47?,48?,49+,50-,51+,52+,53+,54+,55+,57+,58+,59-,70+/m1/s1. The Morgan fingerprint density at radius 1 is 0.552 bits per heavy atom. The lowest BCUT2D eigenvalue weighted by atomic mass is 9.89. The van der Waals surface area contributed by atoms with E-state index in [1.165, 1.54) is 87.7 Å². The van der Waals surface area contributed by atoms with E-state index in [1.54, 1.807) is 60.6 Å². The molecule has 5 N–H and O–H groups in total. The summed E-state index contributed by atoms with van der Waals surface area (Å²) in [6.07, 6.45) is 2.46.